The van der Waals surface area contributed by atoms with E-state index < -0.39 is 6.04 Å². The molecule has 1 rings (SSSR count). The predicted molar refractivity (Wildman–Crippen MR) is 80.2 cm³/mol. The Kier molecular flexibility index (Phi) is 6.22. The highest BCUT2D eigenvalue weighted by Crippen LogP contribution is 2.12. The second kappa shape index (κ2) is 7.68. The Labute approximate surface area is 121 Å². The van der Waals surface area contributed by atoms with Crippen LogP contribution in [0.1, 0.15) is 37.8 Å². The lowest BCUT2D eigenvalue weighted by molar-refractivity contribution is -0.140. The molecule has 0 aliphatic heterocycles. The van der Waals surface area contributed by atoms with Gasteiger partial charge in [-0.05, 0) is 25.8 Å². The van der Waals surface area contributed by atoms with Gasteiger partial charge in [-0.1, -0.05) is 36.8 Å². The molecule has 4 nitrogen and oxygen atoms in total. The van der Waals surface area contributed by atoms with Gasteiger partial charge < -0.3 is 10.2 Å². The van der Waals surface area contributed by atoms with Crippen molar-refractivity contribution in [3.05, 3.63) is 35.4 Å². The number of aryl methyl sites for hydroxylation is 1. The molecule has 20 heavy (non-hydrogen) atoms. The maximum atomic E-state index is 12.2. The molecule has 110 valence electrons. The summed E-state index contributed by atoms with van der Waals surface area (Å²) >= 11 is 0. The Bertz CT molecular complexity index is 454. The summed E-state index contributed by atoms with van der Waals surface area (Å²) in [5, 5.41) is 2.60. The van der Waals surface area contributed by atoms with Gasteiger partial charge in [-0.15, -0.1) is 0 Å². The van der Waals surface area contributed by atoms with Crippen molar-refractivity contribution in [3.8, 4) is 0 Å². The number of rotatable bonds is 6. The molecule has 1 aromatic rings. The van der Waals surface area contributed by atoms with Crippen molar-refractivity contribution in [2.75, 3.05) is 7.05 Å². The molecule has 4 heteroatoms. The minimum absolute atomic E-state index is 0.0178. The fourth-order valence-corrected chi connectivity index (χ4v) is 2.04. The standard InChI is InChI=1S/C16H24N2O2/c1-5-6-15(19)18(13(3)16(20)17-4)11-14-9-7-12(2)8-10-14/h7-10,13H,5-6,11H2,1-4H3,(H,17,20)/t13-/m1/s1. The molecule has 0 spiro atoms. The van der Waals surface area contributed by atoms with Crippen LogP contribution in [-0.4, -0.2) is 29.8 Å². The predicted octanol–water partition coefficient (Wildman–Crippen LogP) is 2.26. The molecule has 0 aromatic heterocycles. The summed E-state index contributed by atoms with van der Waals surface area (Å²) in [5.74, 6) is -0.120. The van der Waals surface area contributed by atoms with Crippen LogP contribution in [0.25, 0.3) is 0 Å². The number of nitrogens with zero attached hydrogens (tertiary/aromatic N) is 1. The van der Waals surface area contributed by atoms with Crippen LogP contribution in [-0.2, 0) is 16.1 Å². The topological polar surface area (TPSA) is 49.4 Å². The lowest BCUT2D eigenvalue weighted by Gasteiger charge is -2.28. The molecule has 2 amide bonds. The summed E-state index contributed by atoms with van der Waals surface area (Å²) in [4.78, 5) is 25.7. The van der Waals surface area contributed by atoms with Gasteiger partial charge in [-0.25, -0.2) is 0 Å². The first-order valence-corrected chi connectivity index (χ1v) is 7.06. The summed E-state index contributed by atoms with van der Waals surface area (Å²) < 4.78 is 0. The average Bonchev–Trinajstić information content (AvgIpc) is 2.45. The van der Waals surface area contributed by atoms with Crippen LogP contribution in [0.4, 0.5) is 0 Å². The highest BCUT2D eigenvalue weighted by Gasteiger charge is 2.24. The Morgan fingerprint density at radius 3 is 2.35 bits per heavy atom. The van der Waals surface area contributed by atoms with Gasteiger partial charge in [0, 0.05) is 20.0 Å². The number of carbonyl (C=O) groups excluding carboxylic acids is 2. The zero-order valence-electron chi connectivity index (χ0n) is 12.8. The zero-order chi connectivity index (χ0) is 15.1. The van der Waals surface area contributed by atoms with Gasteiger partial charge in [0.25, 0.3) is 0 Å². The van der Waals surface area contributed by atoms with Crippen LogP contribution in [0.15, 0.2) is 24.3 Å². The fraction of sp³-hybridized carbons (Fsp3) is 0.500. The lowest BCUT2D eigenvalue weighted by Crippen LogP contribution is -2.46. The molecule has 0 unspecified atom stereocenters. The molecule has 0 saturated carbocycles. The first-order valence-electron chi connectivity index (χ1n) is 7.06. The van der Waals surface area contributed by atoms with Crippen molar-refractivity contribution in [3.63, 3.8) is 0 Å². The van der Waals surface area contributed by atoms with Crippen LogP contribution >= 0.6 is 0 Å². The van der Waals surface area contributed by atoms with Crippen molar-refractivity contribution in [2.45, 2.75) is 46.2 Å². The van der Waals surface area contributed by atoms with E-state index in [1.165, 1.54) is 5.56 Å². The second-order valence-electron chi connectivity index (χ2n) is 5.05. The Morgan fingerprint density at radius 1 is 1.25 bits per heavy atom. The molecule has 0 bridgehead atoms. The number of benzene rings is 1. The van der Waals surface area contributed by atoms with Crippen molar-refractivity contribution in [1.29, 1.82) is 0 Å². The van der Waals surface area contributed by atoms with E-state index in [9.17, 15) is 9.59 Å². The van der Waals surface area contributed by atoms with Gasteiger partial charge in [0.15, 0.2) is 0 Å². The minimum Gasteiger partial charge on any atom is -0.357 e. The smallest absolute Gasteiger partial charge is 0.242 e. The third-order valence-electron chi connectivity index (χ3n) is 3.35. The molecule has 1 N–H and O–H groups in total. The van der Waals surface area contributed by atoms with E-state index in [2.05, 4.69) is 5.32 Å². The summed E-state index contributed by atoms with van der Waals surface area (Å²) in [5.41, 5.74) is 2.22. The maximum Gasteiger partial charge on any atom is 0.242 e. The number of hydrogen-bond donors (Lipinski definition) is 1. The SMILES string of the molecule is CCCC(=O)N(Cc1ccc(C)cc1)[C@H](C)C(=O)NC. The molecule has 1 aromatic carbocycles. The Balaban J connectivity index is 2.89. The van der Waals surface area contributed by atoms with Gasteiger partial charge in [0.05, 0.1) is 0 Å². The molecule has 0 heterocycles. The third-order valence-corrected chi connectivity index (χ3v) is 3.35. The molecule has 0 aliphatic carbocycles. The number of hydrogen-bond acceptors (Lipinski definition) is 2. The van der Waals surface area contributed by atoms with Gasteiger partial charge in [0.1, 0.15) is 6.04 Å². The van der Waals surface area contributed by atoms with E-state index in [0.29, 0.717) is 13.0 Å². The van der Waals surface area contributed by atoms with Gasteiger partial charge in [0.2, 0.25) is 11.8 Å². The minimum atomic E-state index is -0.458. The van der Waals surface area contributed by atoms with Crippen molar-refractivity contribution < 1.29 is 9.59 Å². The van der Waals surface area contributed by atoms with Gasteiger partial charge >= 0.3 is 0 Å². The Hall–Kier alpha value is -1.84. The summed E-state index contributed by atoms with van der Waals surface area (Å²) in [7, 11) is 1.59. The van der Waals surface area contributed by atoms with Crippen LogP contribution in [0.2, 0.25) is 0 Å². The molecule has 1 atom stereocenters. The van der Waals surface area contributed by atoms with E-state index in [4.69, 9.17) is 0 Å². The van der Waals surface area contributed by atoms with Crippen LogP contribution < -0.4 is 5.32 Å². The molecule has 0 fully saturated rings. The molecular formula is C16H24N2O2. The number of amides is 2. The number of likely N-dealkylation sites (N-methyl/N-ethyl adjacent to an activating group) is 1. The second-order valence-corrected chi connectivity index (χ2v) is 5.05. The quantitative estimate of drug-likeness (QED) is 0.866. The van der Waals surface area contributed by atoms with Crippen molar-refractivity contribution >= 4 is 11.8 Å². The van der Waals surface area contributed by atoms with E-state index in [0.717, 1.165) is 12.0 Å². The first-order chi connectivity index (χ1) is 9.49. The van der Waals surface area contributed by atoms with E-state index >= 15 is 0 Å². The third kappa shape index (κ3) is 4.37. The monoisotopic (exact) mass is 276 g/mol. The molecule has 0 radical (unpaired) electrons. The van der Waals surface area contributed by atoms with Crippen LogP contribution in [0, 0.1) is 6.92 Å². The molecule has 0 aliphatic rings. The van der Waals surface area contributed by atoms with Crippen molar-refractivity contribution in [2.24, 2.45) is 0 Å². The zero-order valence-corrected chi connectivity index (χ0v) is 12.8. The highest BCUT2D eigenvalue weighted by molar-refractivity contribution is 5.87. The fourth-order valence-electron chi connectivity index (χ4n) is 2.04. The first kappa shape index (κ1) is 16.2. The summed E-state index contributed by atoms with van der Waals surface area (Å²) in [6.45, 7) is 6.22. The van der Waals surface area contributed by atoms with E-state index in [1.807, 2.05) is 38.1 Å². The Morgan fingerprint density at radius 2 is 1.85 bits per heavy atom. The highest BCUT2D eigenvalue weighted by atomic mass is 16.2. The average molecular weight is 276 g/mol. The van der Waals surface area contributed by atoms with Gasteiger partial charge in [-0.2, -0.15) is 0 Å². The number of carbonyl (C=O) groups is 2. The van der Waals surface area contributed by atoms with Gasteiger partial charge in [-0.3, -0.25) is 9.59 Å². The van der Waals surface area contributed by atoms with Crippen LogP contribution in [0.5, 0.6) is 0 Å². The summed E-state index contributed by atoms with van der Waals surface area (Å²) in [6.07, 6.45) is 1.25. The van der Waals surface area contributed by atoms with E-state index in [-0.39, 0.29) is 11.8 Å². The largest absolute Gasteiger partial charge is 0.357 e. The maximum absolute atomic E-state index is 12.2. The molecular weight excluding hydrogens is 252 g/mol. The normalized spacial score (nSPS) is 11.8. The van der Waals surface area contributed by atoms with Crippen LogP contribution in [0.3, 0.4) is 0 Å². The number of nitrogens with one attached hydrogen (secondary N) is 1. The lowest BCUT2D eigenvalue weighted by atomic mass is 10.1. The van der Waals surface area contributed by atoms with E-state index in [1.54, 1.807) is 18.9 Å². The summed E-state index contributed by atoms with van der Waals surface area (Å²) in [6, 6.07) is 7.57. The molecule has 0 saturated heterocycles. The van der Waals surface area contributed by atoms with Crippen molar-refractivity contribution in [1.82, 2.24) is 10.2 Å².